The standard InChI is InChI=1S/C10H7FN2O3S/c11-7-3-1-2-6(4-7)9-12-13-10(16-9)17-5-8(14)15/h1-4H,5H2,(H,14,15)/p-1. The quantitative estimate of drug-likeness (QED) is 0.747. The number of rotatable bonds is 4. The fourth-order valence-corrected chi connectivity index (χ4v) is 1.60. The van der Waals surface area contributed by atoms with Gasteiger partial charge in [-0.1, -0.05) is 17.8 Å². The normalized spacial score (nSPS) is 10.4. The summed E-state index contributed by atoms with van der Waals surface area (Å²) in [4.78, 5) is 10.2. The molecule has 0 aliphatic rings. The van der Waals surface area contributed by atoms with E-state index in [2.05, 4.69) is 10.2 Å². The van der Waals surface area contributed by atoms with Crippen LogP contribution in [-0.2, 0) is 4.79 Å². The predicted molar refractivity (Wildman–Crippen MR) is 55.4 cm³/mol. The Bertz CT molecular complexity index is 544. The van der Waals surface area contributed by atoms with Gasteiger partial charge in [0, 0.05) is 11.3 Å². The van der Waals surface area contributed by atoms with Gasteiger partial charge < -0.3 is 14.3 Å². The van der Waals surface area contributed by atoms with Crippen molar-refractivity contribution in [3.8, 4) is 11.5 Å². The van der Waals surface area contributed by atoms with Crippen molar-refractivity contribution in [3.63, 3.8) is 0 Å². The van der Waals surface area contributed by atoms with E-state index in [1.54, 1.807) is 6.07 Å². The molecule has 0 saturated carbocycles. The molecule has 0 bridgehead atoms. The second-order valence-corrected chi connectivity index (χ2v) is 3.97. The van der Waals surface area contributed by atoms with Crippen molar-refractivity contribution in [2.45, 2.75) is 5.22 Å². The molecule has 0 unspecified atom stereocenters. The molecule has 2 rings (SSSR count). The number of thioether (sulfide) groups is 1. The highest BCUT2D eigenvalue weighted by atomic mass is 32.2. The summed E-state index contributed by atoms with van der Waals surface area (Å²) in [5, 5.41) is 17.6. The van der Waals surface area contributed by atoms with E-state index in [9.17, 15) is 14.3 Å². The second-order valence-electron chi connectivity index (χ2n) is 3.04. The third-order valence-electron chi connectivity index (χ3n) is 1.79. The van der Waals surface area contributed by atoms with Gasteiger partial charge in [0.1, 0.15) is 5.82 Å². The zero-order chi connectivity index (χ0) is 12.3. The molecule has 0 atom stereocenters. The summed E-state index contributed by atoms with van der Waals surface area (Å²) in [6, 6.07) is 5.68. The minimum absolute atomic E-state index is 0.105. The summed E-state index contributed by atoms with van der Waals surface area (Å²) in [6.07, 6.45) is 0. The van der Waals surface area contributed by atoms with Crippen LogP contribution in [0.3, 0.4) is 0 Å². The first-order valence-electron chi connectivity index (χ1n) is 4.57. The average molecular weight is 253 g/mol. The Balaban J connectivity index is 2.15. The first kappa shape index (κ1) is 11.6. The lowest BCUT2D eigenvalue weighted by Crippen LogP contribution is -2.24. The maximum Gasteiger partial charge on any atom is 0.277 e. The lowest BCUT2D eigenvalue weighted by atomic mass is 10.2. The van der Waals surface area contributed by atoms with Crippen molar-refractivity contribution < 1.29 is 18.7 Å². The number of nitrogens with zero attached hydrogens (tertiary/aromatic N) is 2. The van der Waals surface area contributed by atoms with Crippen LogP contribution < -0.4 is 5.11 Å². The van der Waals surface area contributed by atoms with Crippen LogP contribution in [0.2, 0.25) is 0 Å². The Morgan fingerprint density at radius 3 is 3.00 bits per heavy atom. The number of carboxylic acid groups (broad SMARTS) is 1. The molecule has 1 aromatic carbocycles. The molecule has 5 nitrogen and oxygen atoms in total. The van der Waals surface area contributed by atoms with E-state index in [1.807, 2.05) is 0 Å². The van der Waals surface area contributed by atoms with E-state index in [0.29, 0.717) is 5.56 Å². The molecule has 0 spiro atoms. The minimum atomic E-state index is -1.22. The summed E-state index contributed by atoms with van der Waals surface area (Å²) >= 11 is 0.852. The number of hydrogen-bond donors (Lipinski definition) is 0. The number of aromatic nitrogens is 2. The van der Waals surface area contributed by atoms with Gasteiger partial charge in [0.05, 0.1) is 5.97 Å². The van der Waals surface area contributed by atoms with Gasteiger partial charge in [0.25, 0.3) is 5.22 Å². The summed E-state index contributed by atoms with van der Waals surface area (Å²) in [6.45, 7) is 0. The highest BCUT2D eigenvalue weighted by Crippen LogP contribution is 2.23. The van der Waals surface area contributed by atoms with Crippen molar-refractivity contribution >= 4 is 17.7 Å². The first-order chi connectivity index (χ1) is 8.15. The maximum absolute atomic E-state index is 12.9. The van der Waals surface area contributed by atoms with Gasteiger partial charge in [-0.2, -0.15) is 0 Å². The van der Waals surface area contributed by atoms with Crippen molar-refractivity contribution in [3.05, 3.63) is 30.1 Å². The average Bonchev–Trinajstić information content (AvgIpc) is 2.75. The Morgan fingerprint density at radius 2 is 2.29 bits per heavy atom. The molecule has 88 valence electrons. The lowest BCUT2D eigenvalue weighted by Gasteiger charge is -1.96. The molecule has 0 aliphatic heterocycles. The van der Waals surface area contributed by atoms with Crippen LogP contribution in [0.15, 0.2) is 33.9 Å². The molecular formula is C10H6FN2O3S-. The number of benzene rings is 1. The van der Waals surface area contributed by atoms with E-state index in [0.717, 1.165) is 11.8 Å². The molecule has 0 aliphatic carbocycles. The van der Waals surface area contributed by atoms with Gasteiger partial charge in [0.2, 0.25) is 5.89 Å². The van der Waals surface area contributed by atoms with E-state index in [1.165, 1.54) is 18.2 Å². The summed E-state index contributed by atoms with van der Waals surface area (Å²) < 4.78 is 18.1. The molecule has 0 N–H and O–H groups in total. The fourth-order valence-electron chi connectivity index (χ4n) is 1.13. The smallest absolute Gasteiger partial charge is 0.277 e. The summed E-state index contributed by atoms with van der Waals surface area (Å²) in [5.74, 6) is -1.76. The van der Waals surface area contributed by atoms with Gasteiger partial charge in [-0.25, -0.2) is 4.39 Å². The molecule has 0 amide bonds. The number of halogens is 1. The first-order valence-corrected chi connectivity index (χ1v) is 5.56. The van der Waals surface area contributed by atoms with Gasteiger partial charge in [-0.15, -0.1) is 10.2 Å². The number of carboxylic acids is 1. The number of hydrogen-bond acceptors (Lipinski definition) is 6. The highest BCUT2D eigenvalue weighted by Gasteiger charge is 2.09. The van der Waals surface area contributed by atoms with Crippen molar-refractivity contribution in [2.24, 2.45) is 0 Å². The molecule has 0 saturated heterocycles. The Labute approximate surface area is 99.7 Å². The molecule has 1 aromatic heterocycles. The zero-order valence-corrected chi connectivity index (χ0v) is 9.24. The largest absolute Gasteiger partial charge is 0.549 e. The third-order valence-corrected chi connectivity index (χ3v) is 2.58. The topological polar surface area (TPSA) is 79.0 Å². The highest BCUT2D eigenvalue weighted by molar-refractivity contribution is 7.99. The number of aliphatic carboxylic acids is 1. The van der Waals surface area contributed by atoms with Crippen LogP contribution in [0.1, 0.15) is 0 Å². The molecule has 2 aromatic rings. The summed E-state index contributed by atoms with van der Waals surface area (Å²) in [5.41, 5.74) is 0.442. The van der Waals surface area contributed by atoms with Crippen molar-refractivity contribution in [1.29, 1.82) is 0 Å². The third kappa shape index (κ3) is 3.04. The number of carbonyl (C=O) groups is 1. The van der Waals surface area contributed by atoms with Crippen LogP contribution in [-0.4, -0.2) is 21.9 Å². The van der Waals surface area contributed by atoms with Gasteiger partial charge in [-0.05, 0) is 18.2 Å². The van der Waals surface area contributed by atoms with E-state index < -0.39 is 11.8 Å². The number of carbonyl (C=O) groups excluding carboxylic acids is 1. The summed E-state index contributed by atoms with van der Waals surface area (Å²) in [7, 11) is 0. The lowest BCUT2D eigenvalue weighted by molar-refractivity contribution is -0.301. The molecule has 1 heterocycles. The van der Waals surface area contributed by atoms with E-state index >= 15 is 0 Å². The van der Waals surface area contributed by atoms with Crippen LogP contribution in [0.4, 0.5) is 4.39 Å². The molecule has 7 heteroatoms. The van der Waals surface area contributed by atoms with Crippen LogP contribution in [0.25, 0.3) is 11.5 Å². The van der Waals surface area contributed by atoms with Crippen LogP contribution in [0, 0.1) is 5.82 Å². The van der Waals surface area contributed by atoms with E-state index in [4.69, 9.17) is 4.42 Å². The van der Waals surface area contributed by atoms with Gasteiger partial charge in [0.15, 0.2) is 0 Å². The van der Waals surface area contributed by atoms with Crippen molar-refractivity contribution in [1.82, 2.24) is 10.2 Å². The monoisotopic (exact) mass is 253 g/mol. The van der Waals surface area contributed by atoms with Gasteiger partial charge in [-0.3, -0.25) is 0 Å². The predicted octanol–water partition coefficient (Wildman–Crippen LogP) is 0.718. The SMILES string of the molecule is O=C([O-])CSc1nnc(-c2cccc(F)c2)o1. The molecule has 0 radical (unpaired) electrons. The van der Waals surface area contributed by atoms with E-state index in [-0.39, 0.29) is 16.9 Å². The molecular weight excluding hydrogens is 247 g/mol. The van der Waals surface area contributed by atoms with Gasteiger partial charge >= 0.3 is 0 Å². The Hall–Kier alpha value is -1.89. The minimum Gasteiger partial charge on any atom is -0.549 e. The van der Waals surface area contributed by atoms with Crippen LogP contribution in [0.5, 0.6) is 0 Å². The van der Waals surface area contributed by atoms with Crippen LogP contribution >= 0.6 is 11.8 Å². The zero-order valence-electron chi connectivity index (χ0n) is 8.42. The maximum atomic E-state index is 12.9. The molecule has 17 heavy (non-hydrogen) atoms. The fraction of sp³-hybridized carbons (Fsp3) is 0.100. The Kier molecular flexibility index (Phi) is 3.38. The molecule has 0 fully saturated rings. The van der Waals surface area contributed by atoms with Crippen molar-refractivity contribution in [2.75, 3.05) is 5.75 Å². The second kappa shape index (κ2) is 4.96. The Morgan fingerprint density at radius 1 is 1.47 bits per heavy atom.